The van der Waals surface area contributed by atoms with Gasteiger partial charge in [-0.05, 0) is 52.3 Å². The van der Waals surface area contributed by atoms with Crippen LogP contribution >= 0.6 is 0 Å². The van der Waals surface area contributed by atoms with Gasteiger partial charge in [0.2, 0.25) is 0 Å². The summed E-state index contributed by atoms with van der Waals surface area (Å²) in [6.45, 7) is 10.2. The number of alkyl halides is 3. The summed E-state index contributed by atoms with van der Waals surface area (Å²) in [4.78, 5) is 0. The largest absolute Gasteiger partial charge is 0.498 e. The zero-order valence-electron chi connectivity index (χ0n) is 15.5. The third-order valence-corrected chi connectivity index (χ3v) is 5.12. The second-order valence-electron chi connectivity index (χ2n) is 7.65. The molecule has 26 heavy (non-hydrogen) atoms. The molecule has 1 aromatic carbocycles. The molecule has 1 aromatic heterocycles. The monoisotopic (exact) mass is 366 g/mol. The fourth-order valence-corrected chi connectivity index (χ4v) is 2.80. The molecule has 0 unspecified atom stereocenters. The lowest BCUT2D eigenvalue weighted by Crippen LogP contribution is -2.41. The number of hydrogen-bond donors (Lipinski definition) is 0. The minimum Gasteiger partial charge on any atom is -0.399 e. The van der Waals surface area contributed by atoms with Crippen molar-refractivity contribution in [2.45, 2.75) is 58.5 Å². The molecule has 0 bridgehead atoms. The van der Waals surface area contributed by atoms with E-state index in [1.807, 2.05) is 40.8 Å². The second-order valence-corrected chi connectivity index (χ2v) is 7.65. The molecule has 4 nitrogen and oxygen atoms in total. The minimum atomic E-state index is -4.33. The summed E-state index contributed by atoms with van der Waals surface area (Å²) in [7, 11) is -0.513. The van der Waals surface area contributed by atoms with Crippen LogP contribution in [0.3, 0.4) is 0 Å². The zero-order valence-corrected chi connectivity index (χ0v) is 15.5. The van der Waals surface area contributed by atoms with Crippen molar-refractivity contribution in [3.05, 3.63) is 47.3 Å². The van der Waals surface area contributed by atoms with Crippen molar-refractivity contribution in [2.24, 2.45) is 0 Å². The Morgan fingerprint density at radius 2 is 1.58 bits per heavy atom. The normalized spacial score (nSPS) is 19.2. The highest BCUT2D eigenvalue weighted by atomic mass is 19.4. The van der Waals surface area contributed by atoms with E-state index in [2.05, 4.69) is 5.10 Å². The van der Waals surface area contributed by atoms with Gasteiger partial charge in [-0.2, -0.15) is 18.3 Å². The van der Waals surface area contributed by atoms with Gasteiger partial charge in [-0.3, -0.25) is 4.68 Å². The smallest absolute Gasteiger partial charge is 0.399 e. The summed E-state index contributed by atoms with van der Waals surface area (Å²) < 4.78 is 51.8. The highest BCUT2D eigenvalue weighted by Gasteiger charge is 2.52. The molecule has 2 aromatic rings. The highest BCUT2D eigenvalue weighted by molar-refractivity contribution is 6.62. The highest BCUT2D eigenvalue weighted by Crippen LogP contribution is 2.36. The molecule has 1 aliphatic rings. The van der Waals surface area contributed by atoms with Gasteiger partial charge in [0.15, 0.2) is 0 Å². The van der Waals surface area contributed by atoms with Crippen LogP contribution in [0, 0.1) is 6.92 Å². The van der Waals surface area contributed by atoms with E-state index in [1.54, 1.807) is 4.68 Å². The van der Waals surface area contributed by atoms with Crippen molar-refractivity contribution >= 4 is 12.6 Å². The topological polar surface area (TPSA) is 36.3 Å². The SMILES string of the molecule is Cc1nn(Cc2ccc(C(F)(F)F)cc2)cc1B1OC(C)(C)C(C)(C)O1. The first-order valence-corrected chi connectivity index (χ1v) is 8.45. The quantitative estimate of drug-likeness (QED) is 0.780. The molecular formula is C18H22BF3N2O2. The van der Waals surface area contributed by atoms with Gasteiger partial charge < -0.3 is 9.31 Å². The van der Waals surface area contributed by atoms with Gasteiger partial charge in [0.1, 0.15) is 0 Å². The van der Waals surface area contributed by atoms with E-state index in [9.17, 15) is 13.2 Å². The van der Waals surface area contributed by atoms with Crippen molar-refractivity contribution < 1.29 is 22.5 Å². The Hall–Kier alpha value is -1.80. The maximum atomic E-state index is 12.7. The predicted octanol–water partition coefficient (Wildman–Crippen LogP) is 3.56. The van der Waals surface area contributed by atoms with Gasteiger partial charge in [0, 0.05) is 11.7 Å². The number of benzene rings is 1. The van der Waals surface area contributed by atoms with E-state index in [1.165, 1.54) is 12.1 Å². The molecule has 0 radical (unpaired) electrons. The Labute approximate surface area is 151 Å². The lowest BCUT2D eigenvalue weighted by molar-refractivity contribution is -0.137. The Balaban J connectivity index is 1.77. The number of rotatable bonds is 3. The Bertz CT molecular complexity index is 782. The summed E-state index contributed by atoms with van der Waals surface area (Å²) in [5.41, 5.74) is 0.793. The Kier molecular flexibility index (Phi) is 4.47. The van der Waals surface area contributed by atoms with Crippen molar-refractivity contribution in [3.63, 3.8) is 0 Å². The van der Waals surface area contributed by atoms with Crippen LogP contribution in [0.25, 0.3) is 0 Å². The lowest BCUT2D eigenvalue weighted by Gasteiger charge is -2.32. The van der Waals surface area contributed by atoms with Gasteiger partial charge in [0.05, 0.1) is 29.0 Å². The molecule has 0 atom stereocenters. The minimum absolute atomic E-state index is 0.373. The fourth-order valence-electron chi connectivity index (χ4n) is 2.80. The fraction of sp³-hybridized carbons (Fsp3) is 0.500. The molecule has 2 heterocycles. The summed E-state index contributed by atoms with van der Waals surface area (Å²) >= 11 is 0. The van der Waals surface area contributed by atoms with E-state index in [0.717, 1.165) is 28.9 Å². The number of aromatic nitrogens is 2. The van der Waals surface area contributed by atoms with E-state index in [-0.39, 0.29) is 0 Å². The molecule has 0 saturated carbocycles. The zero-order chi connectivity index (χ0) is 19.3. The molecular weight excluding hydrogens is 344 g/mol. The van der Waals surface area contributed by atoms with Gasteiger partial charge in [-0.15, -0.1) is 0 Å². The maximum absolute atomic E-state index is 12.7. The molecule has 3 rings (SSSR count). The van der Waals surface area contributed by atoms with Crippen LogP contribution in [0.5, 0.6) is 0 Å². The molecule has 140 valence electrons. The maximum Gasteiger partial charge on any atom is 0.498 e. The van der Waals surface area contributed by atoms with Crippen molar-refractivity contribution in [1.82, 2.24) is 9.78 Å². The summed E-state index contributed by atoms with van der Waals surface area (Å²) in [6, 6.07) is 5.10. The number of hydrogen-bond acceptors (Lipinski definition) is 3. The lowest BCUT2D eigenvalue weighted by atomic mass is 9.79. The first kappa shape index (κ1) is 19.0. The molecule has 0 amide bonds. The number of aryl methyl sites for hydroxylation is 1. The van der Waals surface area contributed by atoms with Crippen LogP contribution in [0.2, 0.25) is 0 Å². The van der Waals surface area contributed by atoms with Crippen LogP contribution in [0.15, 0.2) is 30.5 Å². The third-order valence-electron chi connectivity index (χ3n) is 5.12. The molecule has 1 saturated heterocycles. The summed E-state index contributed by atoms with van der Waals surface area (Å²) in [5.74, 6) is 0. The van der Waals surface area contributed by atoms with Crippen molar-refractivity contribution in [2.75, 3.05) is 0 Å². The van der Waals surface area contributed by atoms with E-state index < -0.39 is 30.1 Å². The second kappa shape index (κ2) is 6.13. The van der Waals surface area contributed by atoms with E-state index >= 15 is 0 Å². The van der Waals surface area contributed by atoms with Crippen LogP contribution < -0.4 is 5.46 Å². The predicted molar refractivity (Wildman–Crippen MR) is 93.2 cm³/mol. The van der Waals surface area contributed by atoms with Crippen LogP contribution in [-0.2, 0) is 22.0 Å². The standard InChI is InChI=1S/C18H22BF3N2O2/c1-12-15(19-25-16(2,3)17(4,5)26-19)11-24(23-12)10-13-6-8-14(9-7-13)18(20,21)22/h6-9,11H,10H2,1-5H3. The van der Waals surface area contributed by atoms with Gasteiger partial charge in [0.25, 0.3) is 0 Å². The average molecular weight is 366 g/mol. The van der Waals surface area contributed by atoms with Crippen LogP contribution in [0.4, 0.5) is 13.2 Å². The summed E-state index contributed by atoms with van der Waals surface area (Å²) in [5, 5.41) is 4.45. The third kappa shape index (κ3) is 3.53. The van der Waals surface area contributed by atoms with E-state index in [0.29, 0.717) is 6.54 Å². The van der Waals surface area contributed by atoms with Crippen molar-refractivity contribution in [3.8, 4) is 0 Å². The number of nitrogens with zero attached hydrogens (tertiary/aromatic N) is 2. The molecule has 0 spiro atoms. The average Bonchev–Trinajstić information content (AvgIpc) is 2.95. The molecule has 1 fully saturated rings. The molecule has 0 aliphatic carbocycles. The Morgan fingerprint density at radius 1 is 1.04 bits per heavy atom. The van der Waals surface area contributed by atoms with Crippen LogP contribution in [0.1, 0.15) is 44.5 Å². The summed E-state index contributed by atoms with van der Waals surface area (Å²) in [6.07, 6.45) is -2.50. The Morgan fingerprint density at radius 3 is 2.08 bits per heavy atom. The number of halogens is 3. The molecule has 1 aliphatic heterocycles. The van der Waals surface area contributed by atoms with Crippen LogP contribution in [-0.4, -0.2) is 28.1 Å². The van der Waals surface area contributed by atoms with Gasteiger partial charge in [-0.1, -0.05) is 12.1 Å². The van der Waals surface area contributed by atoms with Crippen molar-refractivity contribution in [1.29, 1.82) is 0 Å². The first-order chi connectivity index (χ1) is 11.9. The molecule has 0 N–H and O–H groups in total. The van der Waals surface area contributed by atoms with Gasteiger partial charge >= 0.3 is 13.3 Å². The van der Waals surface area contributed by atoms with Gasteiger partial charge in [-0.25, -0.2) is 0 Å². The van der Waals surface area contributed by atoms with E-state index in [4.69, 9.17) is 9.31 Å². The molecule has 8 heteroatoms. The first-order valence-electron chi connectivity index (χ1n) is 8.45.